The molecule has 2 aromatic carbocycles. The summed E-state index contributed by atoms with van der Waals surface area (Å²) in [4.78, 5) is 17.7. The van der Waals surface area contributed by atoms with Gasteiger partial charge in [-0.2, -0.15) is 4.99 Å². The lowest BCUT2D eigenvalue weighted by atomic mass is 10.2. The van der Waals surface area contributed by atoms with E-state index in [2.05, 4.69) is 11.6 Å². The van der Waals surface area contributed by atoms with Crippen LogP contribution in [-0.4, -0.2) is 31.3 Å². The standard InChI is InChI=1S/C21H22N2O4S2/c1-4-12-23-18-11-10-16(27-5-2)14-19(18)28-21(23)22-20(24)15-8-7-9-17(13-15)29(25,26)6-3/h4,7-11,13-14H,1,5-6,12H2,2-3H3. The normalized spacial score (nSPS) is 12.3. The Morgan fingerprint density at radius 2 is 2.03 bits per heavy atom. The number of fused-ring (bicyclic) bond motifs is 1. The minimum absolute atomic E-state index is 0.0282. The van der Waals surface area contributed by atoms with Crippen LogP contribution in [0, 0.1) is 0 Å². The Labute approximate surface area is 173 Å². The highest BCUT2D eigenvalue weighted by atomic mass is 32.2. The largest absolute Gasteiger partial charge is 0.494 e. The molecule has 0 unspecified atom stereocenters. The summed E-state index contributed by atoms with van der Waals surface area (Å²) in [6, 6.07) is 11.7. The first-order valence-corrected chi connectivity index (χ1v) is 11.7. The lowest BCUT2D eigenvalue weighted by Crippen LogP contribution is -2.16. The number of hydrogen-bond donors (Lipinski definition) is 0. The molecular formula is C21H22N2O4S2. The Hall–Kier alpha value is -2.71. The van der Waals surface area contributed by atoms with Gasteiger partial charge in [-0.25, -0.2) is 8.42 Å². The monoisotopic (exact) mass is 430 g/mol. The summed E-state index contributed by atoms with van der Waals surface area (Å²) < 4.78 is 32.6. The fourth-order valence-electron chi connectivity index (χ4n) is 2.84. The molecule has 0 N–H and O–H groups in total. The molecule has 0 saturated heterocycles. The van der Waals surface area contributed by atoms with Gasteiger partial charge in [-0.15, -0.1) is 6.58 Å². The second kappa shape index (κ2) is 8.75. The van der Waals surface area contributed by atoms with E-state index in [1.54, 1.807) is 25.1 Å². The van der Waals surface area contributed by atoms with Crippen LogP contribution in [0.4, 0.5) is 0 Å². The number of amides is 1. The summed E-state index contributed by atoms with van der Waals surface area (Å²) in [5.74, 6) is 0.231. The topological polar surface area (TPSA) is 77.7 Å². The van der Waals surface area contributed by atoms with Crippen LogP contribution in [0.25, 0.3) is 10.2 Å². The summed E-state index contributed by atoms with van der Waals surface area (Å²) >= 11 is 1.37. The van der Waals surface area contributed by atoms with Gasteiger partial charge in [0.1, 0.15) is 5.75 Å². The second-order valence-electron chi connectivity index (χ2n) is 6.19. The van der Waals surface area contributed by atoms with Crippen LogP contribution < -0.4 is 9.54 Å². The molecule has 6 nitrogen and oxygen atoms in total. The molecule has 0 aliphatic carbocycles. The van der Waals surface area contributed by atoms with Crippen molar-refractivity contribution in [3.8, 4) is 5.75 Å². The lowest BCUT2D eigenvalue weighted by Gasteiger charge is -2.04. The third kappa shape index (κ3) is 4.49. The summed E-state index contributed by atoms with van der Waals surface area (Å²) in [5, 5.41) is 0. The molecule has 1 amide bonds. The van der Waals surface area contributed by atoms with Gasteiger partial charge in [0, 0.05) is 12.1 Å². The number of aromatic nitrogens is 1. The molecule has 3 rings (SSSR count). The van der Waals surface area contributed by atoms with Crippen molar-refractivity contribution in [1.82, 2.24) is 4.57 Å². The summed E-state index contributed by atoms with van der Waals surface area (Å²) in [5.41, 5.74) is 1.16. The first-order chi connectivity index (χ1) is 13.9. The number of rotatable bonds is 7. The van der Waals surface area contributed by atoms with Gasteiger partial charge in [-0.3, -0.25) is 4.79 Å². The Morgan fingerprint density at radius 3 is 2.72 bits per heavy atom. The number of sulfone groups is 1. The first kappa shape index (κ1) is 21.0. The molecule has 0 radical (unpaired) electrons. The van der Waals surface area contributed by atoms with E-state index in [1.807, 2.05) is 29.7 Å². The zero-order valence-electron chi connectivity index (χ0n) is 16.3. The number of ether oxygens (including phenoxy) is 1. The maximum Gasteiger partial charge on any atom is 0.279 e. The molecule has 8 heteroatoms. The minimum Gasteiger partial charge on any atom is -0.494 e. The Bertz CT molecular complexity index is 1240. The second-order valence-corrected chi connectivity index (χ2v) is 9.48. The summed E-state index contributed by atoms with van der Waals surface area (Å²) in [6.45, 7) is 8.33. The van der Waals surface area contributed by atoms with Crippen LogP contribution in [0.5, 0.6) is 5.75 Å². The first-order valence-electron chi connectivity index (χ1n) is 9.18. The predicted molar refractivity (Wildman–Crippen MR) is 115 cm³/mol. The van der Waals surface area contributed by atoms with Crippen molar-refractivity contribution in [3.63, 3.8) is 0 Å². The van der Waals surface area contributed by atoms with Crippen molar-refractivity contribution >= 4 is 37.3 Å². The Morgan fingerprint density at radius 1 is 1.24 bits per heavy atom. The quantitative estimate of drug-likeness (QED) is 0.534. The van der Waals surface area contributed by atoms with Crippen molar-refractivity contribution in [3.05, 3.63) is 65.5 Å². The van der Waals surface area contributed by atoms with E-state index in [0.29, 0.717) is 18.0 Å². The number of benzene rings is 2. The van der Waals surface area contributed by atoms with Gasteiger partial charge in [0.05, 0.1) is 27.5 Å². The van der Waals surface area contributed by atoms with Crippen LogP contribution >= 0.6 is 11.3 Å². The molecule has 0 aliphatic rings. The van der Waals surface area contributed by atoms with Crippen LogP contribution in [0.1, 0.15) is 24.2 Å². The minimum atomic E-state index is -3.40. The highest BCUT2D eigenvalue weighted by Crippen LogP contribution is 2.23. The smallest absolute Gasteiger partial charge is 0.279 e. The zero-order chi connectivity index (χ0) is 21.0. The fourth-order valence-corrected chi connectivity index (χ4v) is 4.83. The maximum atomic E-state index is 12.8. The van der Waals surface area contributed by atoms with Crippen molar-refractivity contribution in [1.29, 1.82) is 0 Å². The van der Waals surface area contributed by atoms with Gasteiger partial charge < -0.3 is 9.30 Å². The lowest BCUT2D eigenvalue weighted by molar-refractivity contribution is 0.0997. The van der Waals surface area contributed by atoms with Crippen LogP contribution in [0.2, 0.25) is 0 Å². The number of nitrogens with zero attached hydrogens (tertiary/aromatic N) is 2. The fraction of sp³-hybridized carbons (Fsp3) is 0.238. The van der Waals surface area contributed by atoms with Gasteiger partial charge in [0.2, 0.25) is 0 Å². The van der Waals surface area contributed by atoms with E-state index < -0.39 is 15.7 Å². The molecule has 0 atom stereocenters. The van der Waals surface area contributed by atoms with Crippen molar-refractivity contribution in [2.24, 2.45) is 4.99 Å². The summed E-state index contributed by atoms with van der Waals surface area (Å²) in [6.07, 6.45) is 1.74. The molecule has 152 valence electrons. The van der Waals surface area contributed by atoms with Gasteiger partial charge in [0.25, 0.3) is 5.91 Å². The average molecular weight is 431 g/mol. The predicted octanol–water partition coefficient (Wildman–Crippen LogP) is 3.82. The number of carbonyl (C=O) groups is 1. The highest BCUT2D eigenvalue weighted by Gasteiger charge is 2.15. The van der Waals surface area contributed by atoms with Gasteiger partial charge in [0.15, 0.2) is 14.6 Å². The Kier molecular flexibility index (Phi) is 6.34. The van der Waals surface area contributed by atoms with E-state index in [4.69, 9.17) is 4.74 Å². The van der Waals surface area contributed by atoms with Gasteiger partial charge >= 0.3 is 0 Å². The number of thiazole rings is 1. The molecule has 1 heterocycles. The number of allylic oxidation sites excluding steroid dienone is 1. The van der Waals surface area contributed by atoms with Crippen molar-refractivity contribution < 1.29 is 17.9 Å². The third-order valence-corrected chi connectivity index (χ3v) is 7.07. The Balaban J connectivity index is 2.09. The average Bonchev–Trinajstić information content (AvgIpc) is 3.05. The van der Waals surface area contributed by atoms with Crippen LogP contribution in [0.3, 0.4) is 0 Å². The van der Waals surface area contributed by atoms with Gasteiger partial charge in [-0.1, -0.05) is 30.4 Å². The maximum absolute atomic E-state index is 12.8. The SMILES string of the molecule is C=CCn1c(=NC(=O)c2cccc(S(=O)(=O)CC)c2)sc2cc(OCC)ccc21. The number of carbonyl (C=O) groups excluding carboxylic acids is 1. The van der Waals surface area contributed by atoms with Crippen LogP contribution in [0.15, 0.2) is 65.0 Å². The van der Waals surface area contributed by atoms with Crippen molar-refractivity contribution in [2.75, 3.05) is 12.4 Å². The molecule has 0 fully saturated rings. The van der Waals surface area contributed by atoms with Gasteiger partial charge in [-0.05, 0) is 43.3 Å². The van der Waals surface area contributed by atoms with E-state index in [9.17, 15) is 13.2 Å². The van der Waals surface area contributed by atoms with E-state index in [-0.39, 0.29) is 16.2 Å². The van der Waals surface area contributed by atoms with E-state index in [1.165, 1.54) is 23.5 Å². The molecule has 3 aromatic rings. The molecule has 0 spiro atoms. The molecule has 29 heavy (non-hydrogen) atoms. The molecule has 0 bridgehead atoms. The van der Waals surface area contributed by atoms with Crippen LogP contribution in [-0.2, 0) is 16.4 Å². The van der Waals surface area contributed by atoms with Crippen molar-refractivity contribution in [2.45, 2.75) is 25.3 Å². The molecule has 0 aliphatic heterocycles. The van der Waals surface area contributed by atoms with E-state index >= 15 is 0 Å². The van der Waals surface area contributed by atoms with E-state index in [0.717, 1.165) is 16.0 Å². The summed E-state index contributed by atoms with van der Waals surface area (Å²) in [7, 11) is -3.40. The molecule has 1 aromatic heterocycles. The third-order valence-electron chi connectivity index (χ3n) is 4.29. The molecular weight excluding hydrogens is 408 g/mol. The number of hydrogen-bond acceptors (Lipinski definition) is 5. The highest BCUT2D eigenvalue weighted by molar-refractivity contribution is 7.91. The zero-order valence-corrected chi connectivity index (χ0v) is 17.9. The molecule has 0 saturated carbocycles.